The van der Waals surface area contributed by atoms with Gasteiger partial charge in [-0.3, -0.25) is 24.8 Å². The Bertz CT molecular complexity index is 895. The standard InChI is InChI=1S/C10H6N2O8S.Na/c13-10-7(12(16)17)4-6(11(14)15)5-2-1-3-8(9(5)10)21(18,19)20;/h1-4,13H,(H,18,19,20);/q;+1. The summed E-state index contributed by atoms with van der Waals surface area (Å²) < 4.78 is 31.6. The average Bonchev–Trinajstić information content (AvgIpc) is 2.36. The number of aromatic hydroxyl groups is 1. The molecular formula is C10H6N2NaO8S+. The fourth-order valence-electron chi connectivity index (χ4n) is 1.90. The second-order valence-electron chi connectivity index (χ2n) is 3.93. The second kappa shape index (κ2) is 6.14. The molecule has 0 aliphatic carbocycles. The first-order chi connectivity index (χ1) is 9.64. The Balaban J connectivity index is 0.00000242. The van der Waals surface area contributed by atoms with Gasteiger partial charge in [-0.15, -0.1) is 0 Å². The number of hydrogen-bond donors (Lipinski definition) is 2. The van der Waals surface area contributed by atoms with Crippen molar-refractivity contribution in [2.75, 3.05) is 0 Å². The molecule has 2 aromatic carbocycles. The van der Waals surface area contributed by atoms with E-state index in [-0.39, 0.29) is 34.9 Å². The van der Waals surface area contributed by atoms with Crippen LogP contribution in [0.1, 0.15) is 0 Å². The molecular weight excluding hydrogens is 331 g/mol. The molecule has 0 aliphatic rings. The first-order valence-corrected chi connectivity index (χ1v) is 6.63. The Morgan fingerprint density at radius 3 is 2.05 bits per heavy atom. The number of phenols is 1. The summed E-state index contributed by atoms with van der Waals surface area (Å²) in [6.07, 6.45) is 0. The fraction of sp³-hybridized carbons (Fsp3) is 0. The van der Waals surface area contributed by atoms with E-state index >= 15 is 0 Å². The molecule has 0 heterocycles. The Labute approximate surface area is 144 Å². The number of nitro benzene ring substituents is 2. The van der Waals surface area contributed by atoms with Crippen molar-refractivity contribution < 1.29 is 57.5 Å². The number of rotatable bonds is 3. The molecule has 110 valence electrons. The molecule has 2 rings (SSSR count). The Hall–Kier alpha value is -1.79. The second-order valence-corrected chi connectivity index (χ2v) is 5.32. The molecule has 0 radical (unpaired) electrons. The topological polar surface area (TPSA) is 161 Å². The van der Waals surface area contributed by atoms with E-state index in [2.05, 4.69) is 0 Å². The van der Waals surface area contributed by atoms with Crippen molar-refractivity contribution in [3.05, 3.63) is 44.5 Å². The smallest absolute Gasteiger partial charge is 0.502 e. The van der Waals surface area contributed by atoms with Crippen LogP contribution in [0.4, 0.5) is 11.4 Å². The van der Waals surface area contributed by atoms with E-state index in [0.29, 0.717) is 6.07 Å². The minimum absolute atomic E-state index is 0. The molecule has 0 aliphatic heterocycles. The summed E-state index contributed by atoms with van der Waals surface area (Å²) in [5, 5.41) is 30.6. The summed E-state index contributed by atoms with van der Waals surface area (Å²) in [4.78, 5) is 18.9. The number of phenolic OH excluding ortho intramolecular Hbond substituents is 1. The summed E-state index contributed by atoms with van der Waals surface area (Å²) in [5.41, 5.74) is -1.80. The van der Waals surface area contributed by atoms with Crippen LogP contribution in [0.3, 0.4) is 0 Å². The van der Waals surface area contributed by atoms with Gasteiger partial charge in [-0.25, -0.2) is 0 Å². The van der Waals surface area contributed by atoms with Crippen molar-refractivity contribution >= 4 is 32.3 Å². The summed E-state index contributed by atoms with van der Waals surface area (Å²) >= 11 is 0. The molecule has 0 atom stereocenters. The zero-order valence-electron chi connectivity index (χ0n) is 11.0. The third-order valence-corrected chi connectivity index (χ3v) is 3.62. The van der Waals surface area contributed by atoms with Gasteiger partial charge in [0.1, 0.15) is 4.90 Å². The van der Waals surface area contributed by atoms with E-state index in [1.54, 1.807) is 0 Å². The van der Waals surface area contributed by atoms with Crippen molar-refractivity contribution in [2.45, 2.75) is 4.90 Å². The van der Waals surface area contributed by atoms with Crippen LogP contribution >= 0.6 is 0 Å². The quantitative estimate of drug-likeness (QED) is 0.299. The first-order valence-electron chi connectivity index (χ1n) is 5.19. The molecule has 0 bridgehead atoms. The van der Waals surface area contributed by atoms with Crippen LogP contribution < -0.4 is 29.6 Å². The van der Waals surface area contributed by atoms with Crippen molar-refractivity contribution in [2.24, 2.45) is 0 Å². The van der Waals surface area contributed by atoms with Crippen molar-refractivity contribution in [3.63, 3.8) is 0 Å². The maximum absolute atomic E-state index is 11.3. The van der Waals surface area contributed by atoms with Crippen LogP contribution in [0.5, 0.6) is 5.75 Å². The van der Waals surface area contributed by atoms with Crippen LogP contribution in [0.25, 0.3) is 10.8 Å². The van der Waals surface area contributed by atoms with Gasteiger partial charge in [0.05, 0.1) is 26.7 Å². The predicted molar refractivity (Wildman–Crippen MR) is 68.7 cm³/mol. The van der Waals surface area contributed by atoms with Crippen LogP contribution in [-0.4, -0.2) is 27.9 Å². The van der Waals surface area contributed by atoms with Gasteiger partial charge >= 0.3 is 35.2 Å². The molecule has 0 saturated heterocycles. The van der Waals surface area contributed by atoms with Gasteiger partial charge in [0, 0.05) is 0 Å². The molecule has 22 heavy (non-hydrogen) atoms. The number of nitro groups is 2. The molecule has 0 saturated carbocycles. The zero-order chi connectivity index (χ0) is 15.9. The average molecular weight is 337 g/mol. The molecule has 2 N–H and O–H groups in total. The SMILES string of the molecule is O=[N+]([O-])c1cc([N+](=O)[O-])c2cccc(S(=O)(=O)O)c2c1O.[Na+]. The van der Waals surface area contributed by atoms with Gasteiger partial charge in [0.2, 0.25) is 5.75 Å². The summed E-state index contributed by atoms with van der Waals surface area (Å²) in [6, 6.07) is 3.59. The maximum atomic E-state index is 11.3. The van der Waals surface area contributed by atoms with Crippen LogP contribution in [0.15, 0.2) is 29.2 Å². The van der Waals surface area contributed by atoms with E-state index in [9.17, 15) is 33.8 Å². The minimum atomic E-state index is -4.84. The van der Waals surface area contributed by atoms with Crippen LogP contribution in [-0.2, 0) is 10.1 Å². The third kappa shape index (κ3) is 3.03. The van der Waals surface area contributed by atoms with Crippen molar-refractivity contribution in [1.82, 2.24) is 0 Å². The largest absolute Gasteiger partial charge is 1.00 e. The summed E-state index contributed by atoms with van der Waals surface area (Å²) in [6.45, 7) is 0. The number of hydrogen-bond acceptors (Lipinski definition) is 7. The van der Waals surface area contributed by atoms with E-state index < -0.39 is 47.4 Å². The van der Waals surface area contributed by atoms with Crippen molar-refractivity contribution in [1.29, 1.82) is 0 Å². The molecule has 2 aromatic rings. The Kier molecular flexibility index (Phi) is 5.10. The fourth-order valence-corrected chi connectivity index (χ4v) is 2.61. The van der Waals surface area contributed by atoms with Gasteiger partial charge in [0.15, 0.2) is 0 Å². The van der Waals surface area contributed by atoms with E-state index in [1.165, 1.54) is 0 Å². The van der Waals surface area contributed by atoms with Gasteiger partial charge in [0.25, 0.3) is 15.8 Å². The number of nitrogens with zero attached hydrogens (tertiary/aromatic N) is 2. The normalized spacial score (nSPS) is 11.0. The number of benzene rings is 2. The minimum Gasteiger partial charge on any atom is -0.502 e. The predicted octanol–water partition coefficient (Wildman–Crippen LogP) is -1.39. The van der Waals surface area contributed by atoms with E-state index in [1.807, 2.05) is 0 Å². The number of fused-ring (bicyclic) bond motifs is 1. The van der Waals surface area contributed by atoms with Gasteiger partial charge in [-0.1, -0.05) is 6.07 Å². The summed E-state index contributed by atoms with van der Waals surface area (Å²) in [7, 11) is -4.84. The molecule has 0 aromatic heterocycles. The molecule has 0 fully saturated rings. The zero-order valence-corrected chi connectivity index (χ0v) is 13.8. The van der Waals surface area contributed by atoms with Gasteiger partial charge < -0.3 is 5.11 Å². The third-order valence-electron chi connectivity index (χ3n) is 2.73. The van der Waals surface area contributed by atoms with E-state index in [4.69, 9.17) is 4.55 Å². The van der Waals surface area contributed by atoms with Crippen LogP contribution in [0.2, 0.25) is 0 Å². The monoisotopic (exact) mass is 337 g/mol. The van der Waals surface area contributed by atoms with Crippen molar-refractivity contribution in [3.8, 4) is 5.75 Å². The number of non-ortho nitro benzene ring substituents is 1. The first kappa shape index (κ1) is 18.3. The molecule has 0 spiro atoms. The van der Waals surface area contributed by atoms with Gasteiger partial charge in [-0.2, -0.15) is 8.42 Å². The Morgan fingerprint density at radius 2 is 1.59 bits per heavy atom. The van der Waals surface area contributed by atoms with E-state index in [0.717, 1.165) is 18.2 Å². The molecule has 10 nitrogen and oxygen atoms in total. The summed E-state index contributed by atoms with van der Waals surface area (Å²) in [5.74, 6) is -1.08. The van der Waals surface area contributed by atoms with Gasteiger partial charge in [-0.05, 0) is 12.1 Å². The molecule has 12 heteroatoms. The molecule has 0 unspecified atom stereocenters. The Morgan fingerprint density at radius 1 is 1.05 bits per heavy atom. The maximum Gasteiger partial charge on any atom is 1.00 e. The molecule has 0 amide bonds. The van der Waals surface area contributed by atoms with Crippen LogP contribution in [0, 0.1) is 20.2 Å².